The molecule has 1 aliphatic carbocycles. The van der Waals surface area contributed by atoms with Crippen molar-refractivity contribution in [3.05, 3.63) is 42.7 Å². The van der Waals surface area contributed by atoms with Gasteiger partial charge in [-0.15, -0.1) is 0 Å². The van der Waals surface area contributed by atoms with Crippen molar-refractivity contribution in [1.82, 2.24) is 14.5 Å². The molecule has 0 bridgehead atoms. The van der Waals surface area contributed by atoms with Gasteiger partial charge in [-0.05, 0) is 62.3 Å². The first-order valence-electron chi connectivity index (χ1n) is 11.0. The van der Waals surface area contributed by atoms with Crippen LogP contribution in [-0.2, 0) is 14.6 Å². The number of carbonyl (C=O) groups is 1. The summed E-state index contributed by atoms with van der Waals surface area (Å²) in [5.41, 5.74) is 0.912. The van der Waals surface area contributed by atoms with Crippen LogP contribution in [0.25, 0.3) is 16.7 Å². The van der Waals surface area contributed by atoms with Gasteiger partial charge in [0.05, 0.1) is 17.9 Å². The summed E-state index contributed by atoms with van der Waals surface area (Å²) in [6.07, 6.45) is 7.90. The summed E-state index contributed by atoms with van der Waals surface area (Å²) in [5, 5.41) is 15.3. The van der Waals surface area contributed by atoms with Gasteiger partial charge in [-0.25, -0.2) is 13.4 Å². The molecule has 0 unspecified atom stereocenters. The Hall–Kier alpha value is -2.14. The van der Waals surface area contributed by atoms with Crippen molar-refractivity contribution in [2.45, 2.75) is 38.1 Å². The summed E-state index contributed by atoms with van der Waals surface area (Å²) >= 11 is 0. The number of carboxylic acids is 1. The number of hydrogen-bond acceptors (Lipinski definition) is 8. The molecule has 9 nitrogen and oxygen atoms in total. The zero-order chi connectivity index (χ0) is 23.4. The molecular weight excluding hydrogens is 467 g/mol. The summed E-state index contributed by atoms with van der Waals surface area (Å²) in [5.74, 6) is 0.640. The predicted molar refractivity (Wildman–Crippen MR) is 123 cm³/mol. The second-order valence-corrected chi connectivity index (χ2v) is 10.7. The summed E-state index contributed by atoms with van der Waals surface area (Å²) in [6, 6.07) is 9.61. The van der Waals surface area contributed by atoms with Crippen LogP contribution >= 0.6 is 0 Å². The van der Waals surface area contributed by atoms with E-state index in [-0.39, 0.29) is 47.3 Å². The zero-order valence-electron chi connectivity index (χ0n) is 19.4. The normalized spacial score (nSPS) is 18.3. The molecule has 11 heteroatoms. The molecule has 3 aromatic rings. The molecule has 0 amide bonds. The molecule has 0 spiro atoms. The number of aliphatic carboxylic acids is 1. The average Bonchev–Trinajstić information content (AvgIpc) is 3.22. The monoisotopic (exact) mass is 494 g/mol. The molecule has 1 saturated carbocycles. The van der Waals surface area contributed by atoms with Crippen molar-refractivity contribution in [2.75, 3.05) is 23.9 Å². The van der Waals surface area contributed by atoms with E-state index < -0.39 is 15.8 Å². The fraction of sp³-hybridized carbons (Fsp3) is 0.435. The van der Waals surface area contributed by atoms with E-state index in [9.17, 15) is 18.3 Å². The molecule has 176 valence electrons. The molecule has 0 radical (unpaired) electrons. The number of carbonyl (C=O) groups excluding carboxylic acids is 1. The second kappa shape index (κ2) is 11.5. The third-order valence-electron chi connectivity index (χ3n) is 5.89. The van der Waals surface area contributed by atoms with Crippen LogP contribution < -0.4 is 44.7 Å². The smallest absolute Gasteiger partial charge is 0.550 e. The van der Waals surface area contributed by atoms with Crippen LogP contribution in [0.4, 0.5) is 5.95 Å². The Morgan fingerprint density at radius 3 is 2.68 bits per heavy atom. The summed E-state index contributed by atoms with van der Waals surface area (Å²) in [6.45, 7) is 0.319. The second-order valence-electron chi connectivity index (χ2n) is 8.46. The van der Waals surface area contributed by atoms with E-state index in [1.54, 1.807) is 6.20 Å². The van der Waals surface area contributed by atoms with Gasteiger partial charge in [-0.3, -0.25) is 0 Å². The number of nitrogens with zero attached hydrogens (tertiary/aromatic N) is 3. The molecular formula is C23H27N4NaO5S. The van der Waals surface area contributed by atoms with Gasteiger partial charge in [0, 0.05) is 36.0 Å². The van der Waals surface area contributed by atoms with E-state index in [1.807, 2.05) is 41.1 Å². The van der Waals surface area contributed by atoms with E-state index in [1.165, 1.54) is 6.26 Å². The number of sulfone groups is 1. The van der Waals surface area contributed by atoms with Crippen molar-refractivity contribution in [2.24, 2.45) is 5.92 Å². The molecule has 1 aromatic carbocycles. The van der Waals surface area contributed by atoms with Gasteiger partial charge in [-0.2, -0.15) is 4.98 Å². The Bertz CT molecular complexity index is 1240. The third-order valence-corrected chi connectivity index (χ3v) is 6.92. The molecule has 0 saturated heterocycles. The number of rotatable bonds is 9. The molecule has 0 atom stereocenters. The predicted octanol–water partition coefficient (Wildman–Crippen LogP) is -1.04. The van der Waals surface area contributed by atoms with Crippen LogP contribution in [-0.4, -0.2) is 53.6 Å². The van der Waals surface area contributed by atoms with Crippen LogP contribution in [0.2, 0.25) is 0 Å². The molecule has 1 fully saturated rings. The third kappa shape index (κ3) is 6.71. The van der Waals surface area contributed by atoms with Crippen LogP contribution in [0.3, 0.4) is 0 Å². The summed E-state index contributed by atoms with van der Waals surface area (Å²) in [4.78, 5) is 20.0. The van der Waals surface area contributed by atoms with Crippen LogP contribution in [0.15, 0.2) is 42.7 Å². The number of fused-ring (bicyclic) bond motifs is 1. The number of hydrogen-bond donors (Lipinski definition) is 1. The molecule has 1 aliphatic rings. The molecule has 34 heavy (non-hydrogen) atoms. The van der Waals surface area contributed by atoms with Gasteiger partial charge in [0.1, 0.15) is 21.4 Å². The maximum absolute atomic E-state index is 11.3. The van der Waals surface area contributed by atoms with Crippen LogP contribution in [0.1, 0.15) is 32.1 Å². The van der Waals surface area contributed by atoms with E-state index >= 15 is 0 Å². The fourth-order valence-corrected chi connectivity index (χ4v) is 4.82. The molecule has 0 aliphatic heterocycles. The SMILES string of the molecule is CS(=O)(=O)CCCOc1cccc2c1ccn2-c1ccnc(NC2CCC(C(=O)[O-])CC2)n1.[Na+]. The van der Waals surface area contributed by atoms with Gasteiger partial charge < -0.3 is 24.5 Å². The molecule has 2 heterocycles. The van der Waals surface area contributed by atoms with Gasteiger partial charge in [0.25, 0.3) is 0 Å². The number of benzene rings is 1. The van der Waals surface area contributed by atoms with E-state index in [2.05, 4.69) is 15.3 Å². The number of anilines is 1. The fourth-order valence-electron chi connectivity index (χ4n) is 4.18. The molecule has 4 rings (SSSR count). The van der Waals surface area contributed by atoms with E-state index in [0.717, 1.165) is 23.7 Å². The minimum Gasteiger partial charge on any atom is -0.550 e. The van der Waals surface area contributed by atoms with Gasteiger partial charge in [0.2, 0.25) is 5.95 Å². The number of aromatic nitrogens is 3. The number of ether oxygens (including phenoxy) is 1. The quantitative estimate of drug-likeness (QED) is 0.295. The minimum atomic E-state index is -3.01. The average molecular weight is 495 g/mol. The van der Waals surface area contributed by atoms with Crippen molar-refractivity contribution < 1.29 is 52.6 Å². The van der Waals surface area contributed by atoms with Gasteiger partial charge in [0.15, 0.2) is 0 Å². The maximum Gasteiger partial charge on any atom is 1.00 e. The number of carboxylic acid groups (broad SMARTS) is 1. The van der Waals surface area contributed by atoms with Crippen molar-refractivity contribution >= 4 is 32.7 Å². The Morgan fingerprint density at radius 2 is 1.97 bits per heavy atom. The zero-order valence-corrected chi connectivity index (χ0v) is 22.3. The largest absolute Gasteiger partial charge is 1.00 e. The van der Waals surface area contributed by atoms with Crippen molar-refractivity contribution in [3.63, 3.8) is 0 Å². The first kappa shape index (κ1) is 26.5. The Balaban J connectivity index is 0.00000324. The Morgan fingerprint density at radius 1 is 1.21 bits per heavy atom. The van der Waals surface area contributed by atoms with Crippen LogP contribution in [0, 0.1) is 5.92 Å². The minimum absolute atomic E-state index is 0. The molecule has 2 aromatic heterocycles. The maximum atomic E-state index is 11.3. The first-order valence-corrected chi connectivity index (χ1v) is 13.1. The first-order chi connectivity index (χ1) is 15.8. The molecule has 1 N–H and O–H groups in total. The topological polar surface area (TPSA) is 126 Å². The summed E-state index contributed by atoms with van der Waals surface area (Å²) < 4.78 is 30.4. The van der Waals surface area contributed by atoms with Crippen molar-refractivity contribution in [1.29, 1.82) is 0 Å². The Kier molecular flexibility index (Phi) is 8.97. The number of nitrogens with one attached hydrogen (secondary N) is 1. The van der Waals surface area contributed by atoms with Crippen LogP contribution in [0.5, 0.6) is 5.75 Å². The van der Waals surface area contributed by atoms with Crippen molar-refractivity contribution in [3.8, 4) is 11.6 Å². The van der Waals surface area contributed by atoms with E-state index in [0.29, 0.717) is 43.4 Å². The van der Waals surface area contributed by atoms with Gasteiger partial charge in [-0.1, -0.05) is 6.07 Å². The van der Waals surface area contributed by atoms with E-state index in [4.69, 9.17) is 4.74 Å². The van der Waals surface area contributed by atoms with Gasteiger partial charge >= 0.3 is 29.6 Å². The standard InChI is InChI=1S/C23H28N4O5S.Na/c1-33(30,31)15-3-14-32-20-5-2-4-19-18(20)11-13-27(19)21-10-12-24-23(26-21)25-17-8-6-16(7-9-17)22(28)29;/h2,4-5,10-13,16-17H,3,6-9,14-15H2,1H3,(H,28,29)(H,24,25,26);/q;+1/p-1. The Labute approximate surface area is 221 Å². The summed E-state index contributed by atoms with van der Waals surface area (Å²) in [7, 11) is -3.01.